The normalized spacial score (nSPS) is 10.6. The summed E-state index contributed by atoms with van der Waals surface area (Å²) in [5.74, 6) is 1.03. The number of rotatable bonds is 4. The number of nitrogens with zero attached hydrogens (tertiary/aromatic N) is 2. The lowest BCUT2D eigenvalue weighted by molar-refractivity contribution is 0.808. The third-order valence-electron chi connectivity index (χ3n) is 2.67. The summed E-state index contributed by atoms with van der Waals surface area (Å²) >= 11 is 8.55. The molecular formula is C13H14BrN3S. The van der Waals surface area contributed by atoms with Gasteiger partial charge in [0.25, 0.3) is 0 Å². The van der Waals surface area contributed by atoms with E-state index in [4.69, 9.17) is 18.0 Å². The lowest BCUT2D eigenvalue weighted by atomic mass is 10.1. The molecule has 0 aliphatic heterocycles. The zero-order valence-corrected chi connectivity index (χ0v) is 12.5. The number of hydrogen-bond donors (Lipinski definition) is 1. The molecule has 0 spiro atoms. The molecule has 5 heteroatoms. The summed E-state index contributed by atoms with van der Waals surface area (Å²) in [6.45, 7) is 2.13. The number of hydrogen-bond acceptors (Lipinski definition) is 2. The van der Waals surface area contributed by atoms with Crippen LogP contribution in [0.2, 0.25) is 0 Å². The molecule has 1 heterocycles. The van der Waals surface area contributed by atoms with Gasteiger partial charge in [0.1, 0.15) is 10.8 Å². The van der Waals surface area contributed by atoms with Gasteiger partial charge in [-0.05, 0) is 24.6 Å². The Morgan fingerprint density at radius 2 is 2.28 bits per heavy atom. The van der Waals surface area contributed by atoms with E-state index in [1.807, 2.05) is 29.0 Å². The Morgan fingerprint density at radius 1 is 1.50 bits per heavy atom. The summed E-state index contributed by atoms with van der Waals surface area (Å²) in [6.07, 6.45) is 5.72. The minimum Gasteiger partial charge on any atom is -0.389 e. The van der Waals surface area contributed by atoms with E-state index in [2.05, 4.69) is 27.8 Å². The molecule has 2 rings (SSSR count). The van der Waals surface area contributed by atoms with Crippen LogP contribution in [0, 0.1) is 0 Å². The third-order valence-corrected chi connectivity index (χ3v) is 3.39. The standard InChI is InChI=1S/C13H14BrN3S/c1-2-3-12-16-6-7-17(12)11-5-4-9(14)8-10(11)13(15)18/h4-8H,2-3H2,1H3,(H2,15,18). The van der Waals surface area contributed by atoms with Crippen molar-refractivity contribution in [3.05, 3.63) is 46.5 Å². The Hall–Kier alpha value is -1.20. The molecular weight excluding hydrogens is 310 g/mol. The molecule has 0 saturated carbocycles. The van der Waals surface area contributed by atoms with Crippen LogP contribution in [-0.2, 0) is 6.42 Å². The van der Waals surface area contributed by atoms with Gasteiger partial charge in [0.15, 0.2) is 0 Å². The molecule has 2 N–H and O–H groups in total. The number of aromatic nitrogens is 2. The minimum absolute atomic E-state index is 0.391. The van der Waals surface area contributed by atoms with Crippen LogP contribution < -0.4 is 5.73 Å². The fraction of sp³-hybridized carbons (Fsp3) is 0.231. The second-order valence-corrected chi connectivity index (χ2v) is 5.34. The van der Waals surface area contributed by atoms with Crippen molar-refractivity contribution in [3.8, 4) is 5.69 Å². The van der Waals surface area contributed by atoms with Gasteiger partial charge in [-0.15, -0.1) is 0 Å². The maximum Gasteiger partial charge on any atom is 0.113 e. The number of benzene rings is 1. The van der Waals surface area contributed by atoms with Crippen LogP contribution in [0.5, 0.6) is 0 Å². The maximum atomic E-state index is 5.79. The highest BCUT2D eigenvalue weighted by Crippen LogP contribution is 2.21. The van der Waals surface area contributed by atoms with Gasteiger partial charge >= 0.3 is 0 Å². The lowest BCUT2D eigenvalue weighted by Crippen LogP contribution is -2.14. The molecule has 0 aliphatic carbocycles. The third kappa shape index (κ3) is 2.62. The van der Waals surface area contributed by atoms with Crippen LogP contribution in [0.25, 0.3) is 5.69 Å². The van der Waals surface area contributed by atoms with Crippen molar-refractivity contribution >= 4 is 33.1 Å². The molecule has 0 fully saturated rings. The molecule has 3 nitrogen and oxygen atoms in total. The highest BCUT2D eigenvalue weighted by atomic mass is 79.9. The van der Waals surface area contributed by atoms with Crippen LogP contribution in [0.3, 0.4) is 0 Å². The highest BCUT2D eigenvalue weighted by Gasteiger charge is 2.11. The number of thiocarbonyl (C=S) groups is 1. The van der Waals surface area contributed by atoms with Crippen LogP contribution in [0.15, 0.2) is 35.1 Å². The average Bonchev–Trinajstić information content (AvgIpc) is 2.77. The van der Waals surface area contributed by atoms with E-state index < -0.39 is 0 Å². The van der Waals surface area contributed by atoms with Gasteiger partial charge in [0, 0.05) is 28.9 Å². The van der Waals surface area contributed by atoms with Crippen LogP contribution in [0.1, 0.15) is 24.7 Å². The molecule has 0 saturated heterocycles. The van der Waals surface area contributed by atoms with E-state index in [9.17, 15) is 0 Å². The Balaban J connectivity index is 2.56. The average molecular weight is 324 g/mol. The molecule has 1 aromatic carbocycles. The van der Waals surface area contributed by atoms with Crippen molar-refractivity contribution in [2.24, 2.45) is 5.73 Å². The second kappa shape index (κ2) is 5.63. The molecule has 1 aromatic heterocycles. The predicted molar refractivity (Wildman–Crippen MR) is 81.1 cm³/mol. The summed E-state index contributed by atoms with van der Waals surface area (Å²) in [6, 6.07) is 5.92. The van der Waals surface area contributed by atoms with E-state index in [-0.39, 0.29) is 0 Å². The van der Waals surface area contributed by atoms with Gasteiger partial charge in [-0.25, -0.2) is 4.98 Å². The molecule has 0 amide bonds. The Morgan fingerprint density at radius 3 is 2.94 bits per heavy atom. The van der Waals surface area contributed by atoms with Crippen molar-refractivity contribution < 1.29 is 0 Å². The Bertz CT molecular complexity index is 577. The molecule has 0 aliphatic rings. The smallest absolute Gasteiger partial charge is 0.113 e. The zero-order valence-electron chi connectivity index (χ0n) is 10.1. The summed E-state index contributed by atoms with van der Waals surface area (Å²) in [5, 5.41) is 0. The fourth-order valence-corrected chi connectivity index (χ4v) is 2.40. The maximum absolute atomic E-state index is 5.79. The van der Waals surface area contributed by atoms with Crippen molar-refractivity contribution in [2.45, 2.75) is 19.8 Å². The molecule has 0 radical (unpaired) electrons. The van der Waals surface area contributed by atoms with Gasteiger partial charge in [-0.2, -0.15) is 0 Å². The fourth-order valence-electron chi connectivity index (χ4n) is 1.88. The lowest BCUT2D eigenvalue weighted by Gasteiger charge is -2.12. The largest absolute Gasteiger partial charge is 0.389 e. The number of nitrogens with two attached hydrogens (primary N) is 1. The van der Waals surface area contributed by atoms with Gasteiger partial charge in [-0.3, -0.25) is 0 Å². The van der Waals surface area contributed by atoms with Gasteiger partial charge in [0.2, 0.25) is 0 Å². The zero-order chi connectivity index (χ0) is 13.1. The van der Waals surface area contributed by atoms with E-state index in [1.165, 1.54) is 0 Å². The predicted octanol–water partition coefficient (Wildman–Crippen LogP) is 3.22. The monoisotopic (exact) mass is 323 g/mol. The minimum atomic E-state index is 0.391. The van der Waals surface area contributed by atoms with Gasteiger partial charge in [-0.1, -0.05) is 35.1 Å². The first-order valence-corrected chi connectivity index (χ1v) is 6.95. The molecule has 0 atom stereocenters. The van der Waals surface area contributed by atoms with Crippen molar-refractivity contribution in [1.82, 2.24) is 9.55 Å². The van der Waals surface area contributed by atoms with Crippen LogP contribution in [-0.4, -0.2) is 14.5 Å². The SMILES string of the molecule is CCCc1nccn1-c1ccc(Br)cc1C(N)=S. The summed E-state index contributed by atoms with van der Waals surface area (Å²) in [5.41, 5.74) is 7.63. The van der Waals surface area contributed by atoms with Gasteiger partial charge < -0.3 is 10.3 Å². The molecule has 94 valence electrons. The first kappa shape index (κ1) is 13.2. The summed E-state index contributed by atoms with van der Waals surface area (Å²) < 4.78 is 3.01. The van der Waals surface area contributed by atoms with Crippen molar-refractivity contribution in [2.75, 3.05) is 0 Å². The Kier molecular flexibility index (Phi) is 4.14. The molecule has 0 unspecified atom stereocenters. The van der Waals surface area contributed by atoms with E-state index in [0.29, 0.717) is 4.99 Å². The summed E-state index contributed by atoms with van der Waals surface area (Å²) in [4.78, 5) is 4.76. The topological polar surface area (TPSA) is 43.8 Å². The van der Waals surface area contributed by atoms with Crippen molar-refractivity contribution in [1.29, 1.82) is 0 Å². The highest BCUT2D eigenvalue weighted by molar-refractivity contribution is 9.10. The van der Waals surface area contributed by atoms with E-state index in [1.54, 1.807) is 6.20 Å². The molecule has 0 bridgehead atoms. The van der Waals surface area contributed by atoms with E-state index in [0.717, 1.165) is 34.4 Å². The first-order valence-electron chi connectivity index (χ1n) is 5.75. The van der Waals surface area contributed by atoms with Gasteiger partial charge in [0.05, 0.1) is 5.69 Å². The summed E-state index contributed by atoms with van der Waals surface area (Å²) in [7, 11) is 0. The quantitative estimate of drug-likeness (QED) is 0.878. The number of imidazole rings is 1. The Labute approximate surface area is 120 Å². The first-order chi connectivity index (χ1) is 8.63. The van der Waals surface area contributed by atoms with Crippen LogP contribution >= 0.6 is 28.1 Å². The number of aryl methyl sites for hydroxylation is 1. The van der Waals surface area contributed by atoms with Crippen LogP contribution in [0.4, 0.5) is 0 Å². The van der Waals surface area contributed by atoms with E-state index >= 15 is 0 Å². The van der Waals surface area contributed by atoms with Crippen molar-refractivity contribution in [3.63, 3.8) is 0 Å². The molecule has 2 aromatic rings. The number of halogens is 1. The second-order valence-electron chi connectivity index (χ2n) is 3.99. The molecule has 18 heavy (non-hydrogen) atoms.